The molecular formula is C11H9N3O7. The number of rotatable bonds is 5. The molecule has 10 heteroatoms. The van der Waals surface area contributed by atoms with Crippen LogP contribution < -0.4 is 5.32 Å². The van der Waals surface area contributed by atoms with Gasteiger partial charge in [-0.15, -0.1) is 0 Å². The highest BCUT2D eigenvalue weighted by molar-refractivity contribution is 6.02. The summed E-state index contributed by atoms with van der Waals surface area (Å²) in [5.41, 5.74) is -1.38. The summed E-state index contributed by atoms with van der Waals surface area (Å²) in [6.45, 7) is 1.21. The van der Waals surface area contributed by atoms with Crippen LogP contribution in [0.3, 0.4) is 0 Å². The summed E-state index contributed by atoms with van der Waals surface area (Å²) < 4.78 is 0. The lowest BCUT2D eigenvalue weighted by Crippen LogP contribution is -2.10. The van der Waals surface area contributed by atoms with Crippen molar-refractivity contribution in [3.63, 3.8) is 0 Å². The number of carbonyl (C=O) groups excluding carboxylic acids is 1. The molecule has 0 saturated heterocycles. The summed E-state index contributed by atoms with van der Waals surface area (Å²) in [4.78, 5) is 41.6. The lowest BCUT2D eigenvalue weighted by atomic mass is 10.1. The van der Waals surface area contributed by atoms with Gasteiger partial charge in [-0.25, -0.2) is 4.79 Å². The fraction of sp³-hybridized carbons (Fsp3) is 0.0909. The number of aliphatic carboxylic acids is 1. The summed E-state index contributed by atoms with van der Waals surface area (Å²) in [6.07, 6.45) is 1.24. The van der Waals surface area contributed by atoms with Crippen LogP contribution in [0.15, 0.2) is 24.3 Å². The van der Waals surface area contributed by atoms with E-state index in [9.17, 15) is 29.8 Å². The van der Waals surface area contributed by atoms with Crippen molar-refractivity contribution in [1.29, 1.82) is 0 Å². The second-order valence-corrected chi connectivity index (χ2v) is 3.81. The fourth-order valence-electron chi connectivity index (χ4n) is 1.47. The van der Waals surface area contributed by atoms with Crippen molar-refractivity contribution in [3.8, 4) is 0 Å². The first-order chi connectivity index (χ1) is 9.72. The molecule has 0 aliphatic heterocycles. The summed E-state index contributed by atoms with van der Waals surface area (Å²) in [7, 11) is 0. The average Bonchev–Trinajstić information content (AvgIpc) is 2.37. The smallest absolute Gasteiger partial charge is 0.328 e. The quantitative estimate of drug-likeness (QED) is 0.472. The first kappa shape index (κ1) is 15.8. The molecule has 0 aromatic heterocycles. The minimum Gasteiger partial charge on any atom is -0.478 e. The number of nitrogens with zero attached hydrogens (tertiary/aromatic N) is 2. The molecule has 0 atom stereocenters. The Morgan fingerprint density at radius 2 is 1.62 bits per heavy atom. The van der Waals surface area contributed by atoms with Gasteiger partial charge in [0.1, 0.15) is 5.56 Å². The summed E-state index contributed by atoms with van der Waals surface area (Å²) in [6, 6.07) is 1.91. The Hall–Kier alpha value is -3.30. The lowest BCUT2D eigenvalue weighted by Gasteiger charge is -2.05. The molecule has 110 valence electrons. The van der Waals surface area contributed by atoms with Gasteiger partial charge in [0.2, 0.25) is 5.91 Å². The van der Waals surface area contributed by atoms with Gasteiger partial charge in [-0.2, -0.15) is 0 Å². The van der Waals surface area contributed by atoms with Gasteiger partial charge in [0.15, 0.2) is 0 Å². The zero-order valence-electron chi connectivity index (χ0n) is 10.6. The number of hydrogen-bond acceptors (Lipinski definition) is 6. The molecule has 0 bridgehead atoms. The van der Waals surface area contributed by atoms with Crippen LogP contribution >= 0.6 is 0 Å². The third-order valence-electron chi connectivity index (χ3n) is 2.39. The number of benzene rings is 1. The zero-order valence-corrected chi connectivity index (χ0v) is 10.6. The molecule has 0 spiro atoms. The van der Waals surface area contributed by atoms with Crippen LogP contribution in [0.4, 0.5) is 17.1 Å². The molecule has 1 amide bonds. The van der Waals surface area contributed by atoms with E-state index in [1.165, 1.54) is 6.92 Å². The number of nitro benzene ring substituents is 2. The van der Waals surface area contributed by atoms with E-state index >= 15 is 0 Å². The van der Waals surface area contributed by atoms with Gasteiger partial charge in [-0.05, 0) is 6.92 Å². The van der Waals surface area contributed by atoms with E-state index in [0.717, 1.165) is 12.1 Å². The van der Waals surface area contributed by atoms with Crippen molar-refractivity contribution in [2.45, 2.75) is 6.92 Å². The molecule has 0 radical (unpaired) electrons. The summed E-state index contributed by atoms with van der Waals surface area (Å²) in [5, 5.41) is 32.1. The Balaban J connectivity index is 3.19. The highest BCUT2D eigenvalue weighted by Crippen LogP contribution is 2.31. The van der Waals surface area contributed by atoms with Crippen molar-refractivity contribution in [2.75, 3.05) is 5.32 Å². The van der Waals surface area contributed by atoms with Gasteiger partial charge in [-0.1, -0.05) is 0 Å². The van der Waals surface area contributed by atoms with E-state index in [-0.39, 0.29) is 11.3 Å². The van der Waals surface area contributed by atoms with Crippen molar-refractivity contribution >= 4 is 28.9 Å². The number of carboxylic acids is 1. The Morgan fingerprint density at radius 1 is 1.14 bits per heavy atom. The average molecular weight is 295 g/mol. The SMILES string of the molecule is Cc1c([N+](=O)[O-])cc(NC(=O)C=CC(=O)O)cc1[N+](=O)[O-]. The maximum absolute atomic E-state index is 11.4. The lowest BCUT2D eigenvalue weighted by molar-refractivity contribution is -0.395. The highest BCUT2D eigenvalue weighted by atomic mass is 16.6. The summed E-state index contributed by atoms with van der Waals surface area (Å²) in [5.74, 6) is -2.24. The number of carboxylic acid groups (broad SMARTS) is 1. The van der Waals surface area contributed by atoms with Gasteiger partial charge in [0, 0.05) is 24.3 Å². The zero-order chi connectivity index (χ0) is 16.2. The molecule has 21 heavy (non-hydrogen) atoms. The number of anilines is 1. The Bertz CT molecular complexity index is 631. The number of carbonyl (C=O) groups is 2. The third-order valence-corrected chi connectivity index (χ3v) is 2.39. The van der Waals surface area contributed by atoms with Crippen LogP contribution in [-0.2, 0) is 9.59 Å². The topological polar surface area (TPSA) is 153 Å². The van der Waals surface area contributed by atoms with Crippen LogP contribution in [0.1, 0.15) is 5.56 Å². The van der Waals surface area contributed by atoms with E-state index < -0.39 is 33.1 Å². The van der Waals surface area contributed by atoms with E-state index in [4.69, 9.17) is 5.11 Å². The molecule has 10 nitrogen and oxygen atoms in total. The van der Waals surface area contributed by atoms with Crippen LogP contribution in [0.5, 0.6) is 0 Å². The largest absolute Gasteiger partial charge is 0.478 e. The second-order valence-electron chi connectivity index (χ2n) is 3.81. The van der Waals surface area contributed by atoms with Crippen molar-refractivity contribution < 1.29 is 24.5 Å². The molecule has 0 fully saturated rings. The van der Waals surface area contributed by atoms with E-state index in [1.807, 2.05) is 0 Å². The molecule has 1 aromatic rings. The Morgan fingerprint density at radius 3 is 2.00 bits per heavy atom. The minimum atomic E-state index is -1.36. The first-order valence-electron chi connectivity index (χ1n) is 5.37. The number of hydrogen-bond donors (Lipinski definition) is 2. The molecule has 1 rings (SSSR count). The highest BCUT2D eigenvalue weighted by Gasteiger charge is 2.23. The summed E-state index contributed by atoms with van der Waals surface area (Å²) >= 11 is 0. The van der Waals surface area contributed by atoms with Crippen LogP contribution in [-0.4, -0.2) is 26.8 Å². The van der Waals surface area contributed by atoms with Crippen molar-refractivity contribution in [2.24, 2.45) is 0 Å². The third kappa shape index (κ3) is 4.09. The van der Waals surface area contributed by atoms with Gasteiger partial charge < -0.3 is 10.4 Å². The van der Waals surface area contributed by atoms with Gasteiger partial charge in [0.25, 0.3) is 11.4 Å². The van der Waals surface area contributed by atoms with Crippen molar-refractivity contribution in [1.82, 2.24) is 0 Å². The van der Waals surface area contributed by atoms with E-state index in [0.29, 0.717) is 12.2 Å². The normalized spacial score (nSPS) is 10.3. The molecule has 1 aromatic carbocycles. The maximum atomic E-state index is 11.4. The predicted octanol–water partition coefficient (Wildman–Crippen LogP) is 1.39. The number of amides is 1. The molecule has 0 saturated carbocycles. The second kappa shape index (κ2) is 6.23. The molecule has 0 heterocycles. The van der Waals surface area contributed by atoms with E-state index in [1.54, 1.807) is 0 Å². The monoisotopic (exact) mass is 295 g/mol. The molecular weight excluding hydrogens is 286 g/mol. The fourth-order valence-corrected chi connectivity index (χ4v) is 1.47. The van der Waals surface area contributed by atoms with Gasteiger partial charge in [-0.3, -0.25) is 25.0 Å². The molecule has 0 aliphatic carbocycles. The van der Waals surface area contributed by atoms with Gasteiger partial charge >= 0.3 is 5.97 Å². The molecule has 0 unspecified atom stereocenters. The van der Waals surface area contributed by atoms with Crippen LogP contribution in [0, 0.1) is 27.2 Å². The molecule has 2 N–H and O–H groups in total. The Labute approximate surface area is 117 Å². The minimum absolute atomic E-state index is 0.149. The van der Waals surface area contributed by atoms with E-state index in [2.05, 4.69) is 5.32 Å². The maximum Gasteiger partial charge on any atom is 0.328 e. The van der Waals surface area contributed by atoms with Crippen molar-refractivity contribution in [3.05, 3.63) is 50.1 Å². The van der Waals surface area contributed by atoms with Gasteiger partial charge in [0.05, 0.1) is 15.5 Å². The predicted molar refractivity (Wildman–Crippen MR) is 69.9 cm³/mol. The molecule has 0 aliphatic rings. The number of nitro groups is 2. The number of nitrogens with one attached hydrogen (secondary N) is 1. The first-order valence-corrected chi connectivity index (χ1v) is 5.37. The standard InChI is InChI=1S/C11H9N3O7/c1-6-8(13(18)19)4-7(5-9(6)14(20)21)12-10(15)2-3-11(16)17/h2-5H,1H3,(H,12,15)(H,16,17). The van der Waals surface area contributed by atoms with Crippen LogP contribution in [0.25, 0.3) is 0 Å². The van der Waals surface area contributed by atoms with Crippen LogP contribution in [0.2, 0.25) is 0 Å². The Kier molecular flexibility index (Phi) is 4.68.